The highest BCUT2D eigenvalue weighted by Gasteiger charge is 2.24. The standard InChI is InChI=1S/C15H15BrN2O4S2/c1-18(24(21,22)15-9-7-14(16)8-10-15)17-23(19,20)12-11-13-5-3-2-4-6-13/h2-12,17H,1H3/b12-11+. The number of hydrogen-bond donors (Lipinski definition) is 1. The molecule has 0 aliphatic heterocycles. The van der Waals surface area contributed by atoms with Crippen LogP contribution in [0.1, 0.15) is 5.56 Å². The Morgan fingerprint density at radius 1 is 0.958 bits per heavy atom. The van der Waals surface area contributed by atoms with Gasteiger partial charge in [0, 0.05) is 16.9 Å². The summed E-state index contributed by atoms with van der Waals surface area (Å²) in [6.07, 6.45) is 1.38. The molecule has 0 heterocycles. The minimum Gasteiger partial charge on any atom is -0.206 e. The quantitative estimate of drug-likeness (QED) is 0.713. The Morgan fingerprint density at radius 3 is 2.12 bits per heavy atom. The molecule has 2 rings (SSSR count). The number of hydrazine groups is 1. The Kier molecular flexibility index (Phi) is 5.94. The van der Waals surface area contributed by atoms with E-state index < -0.39 is 20.0 Å². The molecule has 0 amide bonds. The largest absolute Gasteiger partial charge is 0.256 e. The lowest BCUT2D eigenvalue weighted by Crippen LogP contribution is -2.42. The minimum atomic E-state index is -3.98. The zero-order chi connectivity index (χ0) is 17.8. The van der Waals surface area contributed by atoms with Crippen LogP contribution in [0, 0.1) is 0 Å². The molecule has 0 radical (unpaired) electrons. The van der Waals surface area contributed by atoms with Gasteiger partial charge in [0.1, 0.15) is 0 Å². The van der Waals surface area contributed by atoms with Gasteiger partial charge in [0.05, 0.1) is 4.90 Å². The molecule has 128 valence electrons. The topological polar surface area (TPSA) is 83.6 Å². The summed E-state index contributed by atoms with van der Waals surface area (Å²) in [7, 11) is -6.82. The molecule has 2 aromatic rings. The maximum Gasteiger partial charge on any atom is 0.256 e. The first-order valence-electron chi connectivity index (χ1n) is 6.71. The van der Waals surface area contributed by atoms with E-state index in [0.717, 1.165) is 16.9 Å². The van der Waals surface area contributed by atoms with Gasteiger partial charge < -0.3 is 0 Å². The lowest BCUT2D eigenvalue weighted by Gasteiger charge is -2.17. The SMILES string of the molecule is CN(NS(=O)(=O)/C=C/c1ccccc1)S(=O)(=O)c1ccc(Br)cc1. The first kappa shape index (κ1) is 18.8. The van der Waals surface area contributed by atoms with Gasteiger partial charge in [-0.2, -0.15) is 0 Å². The maximum atomic E-state index is 12.4. The molecule has 0 aromatic heterocycles. The average molecular weight is 431 g/mol. The van der Waals surface area contributed by atoms with Crippen molar-refractivity contribution in [3.05, 3.63) is 70.0 Å². The van der Waals surface area contributed by atoms with Gasteiger partial charge in [-0.15, -0.1) is 9.25 Å². The second kappa shape index (κ2) is 7.58. The summed E-state index contributed by atoms with van der Waals surface area (Å²) in [5.74, 6) is 0. The van der Waals surface area contributed by atoms with Gasteiger partial charge in [0.2, 0.25) is 10.0 Å². The normalized spacial score (nSPS) is 12.8. The molecule has 0 bridgehead atoms. The fourth-order valence-corrected chi connectivity index (χ4v) is 4.28. The fourth-order valence-electron chi connectivity index (χ4n) is 1.76. The summed E-state index contributed by atoms with van der Waals surface area (Å²) >= 11 is 3.21. The van der Waals surface area contributed by atoms with Crippen LogP contribution in [0.4, 0.5) is 0 Å². The number of halogens is 1. The summed E-state index contributed by atoms with van der Waals surface area (Å²) in [5.41, 5.74) is 0.682. The second-order valence-electron chi connectivity index (χ2n) is 4.78. The Morgan fingerprint density at radius 2 is 1.54 bits per heavy atom. The Bertz CT molecular complexity index is 925. The number of nitrogens with zero attached hydrogens (tertiary/aromatic N) is 1. The molecular weight excluding hydrogens is 416 g/mol. The molecule has 0 fully saturated rings. The predicted molar refractivity (Wildman–Crippen MR) is 96.6 cm³/mol. The second-order valence-corrected chi connectivity index (χ2v) is 9.21. The van der Waals surface area contributed by atoms with Crippen molar-refractivity contribution < 1.29 is 16.8 Å². The molecule has 2 aromatic carbocycles. The molecule has 1 N–H and O–H groups in total. The number of nitrogens with one attached hydrogen (secondary N) is 1. The lowest BCUT2D eigenvalue weighted by atomic mass is 10.2. The Balaban J connectivity index is 2.16. The highest BCUT2D eigenvalue weighted by Crippen LogP contribution is 2.17. The van der Waals surface area contributed by atoms with Crippen LogP contribution in [-0.2, 0) is 20.0 Å². The summed E-state index contributed by atoms with van der Waals surface area (Å²) in [6, 6.07) is 14.7. The summed E-state index contributed by atoms with van der Waals surface area (Å²) in [5, 5.41) is 0.913. The van der Waals surface area contributed by atoms with E-state index in [4.69, 9.17) is 0 Å². The molecule has 9 heteroatoms. The average Bonchev–Trinajstić information content (AvgIpc) is 2.54. The third kappa shape index (κ3) is 4.99. The van der Waals surface area contributed by atoms with Crippen LogP contribution in [0.25, 0.3) is 6.08 Å². The first-order valence-corrected chi connectivity index (χ1v) is 10.5. The highest BCUT2D eigenvalue weighted by molar-refractivity contribution is 9.10. The van der Waals surface area contributed by atoms with Crippen LogP contribution in [0.5, 0.6) is 0 Å². The Hall–Kier alpha value is -1.52. The van der Waals surface area contributed by atoms with Gasteiger partial charge in [-0.1, -0.05) is 46.3 Å². The molecular formula is C15H15BrN2O4S2. The third-order valence-corrected chi connectivity index (χ3v) is 6.31. The van der Waals surface area contributed by atoms with Crippen LogP contribution in [0.3, 0.4) is 0 Å². The van der Waals surface area contributed by atoms with Crippen LogP contribution in [-0.4, -0.2) is 28.3 Å². The van der Waals surface area contributed by atoms with E-state index in [1.54, 1.807) is 36.4 Å². The van der Waals surface area contributed by atoms with Crippen molar-refractivity contribution in [3.63, 3.8) is 0 Å². The molecule has 0 aliphatic carbocycles. The van der Waals surface area contributed by atoms with E-state index in [9.17, 15) is 16.8 Å². The highest BCUT2D eigenvalue weighted by atomic mass is 79.9. The van der Waals surface area contributed by atoms with E-state index in [2.05, 4.69) is 15.9 Å². The molecule has 0 saturated heterocycles. The van der Waals surface area contributed by atoms with Crippen LogP contribution in [0.2, 0.25) is 0 Å². The first-order chi connectivity index (χ1) is 11.2. The van der Waals surface area contributed by atoms with Crippen molar-refractivity contribution in [3.8, 4) is 0 Å². The third-order valence-electron chi connectivity index (χ3n) is 2.97. The molecule has 0 aliphatic rings. The zero-order valence-electron chi connectivity index (χ0n) is 12.6. The van der Waals surface area contributed by atoms with Crippen LogP contribution < -0.4 is 4.83 Å². The maximum absolute atomic E-state index is 12.4. The molecule has 0 unspecified atom stereocenters. The molecule has 0 atom stereocenters. The van der Waals surface area contributed by atoms with Gasteiger partial charge in [0.25, 0.3) is 10.0 Å². The monoisotopic (exact) mass is 430 g/mol. The molecule has 0 spiro atoms. The van der Waals surface area contributed by atoms with E-state index >= 15 is 0 Å². The van der Waals surface area contributed by atoms with Crippen molar-refractivity contribution >= 4 is 42.1 Å². The summed E-state index contributed by atoms with van der Waals surface area (Å²) < 4.78 is 50.1. The predicted octanol–water partition coefficient (Wildman–Crippen LogP) is 2.57. The number of hydrogen-bond acceptors (Lipinski definition) is 4. The van der Waals surface area contributed by atoms with E-state index in [0.29, 0.717) is 9.98 Å². The van der Waals surface area contributed by atoms with E-state index in [1.807, 2.05) is 10.9 Å². The number of sulfonamides is 2. The minimum absolute atomic E-state index is 0.0251. The van der Waals surface area contributed by atoms with Gasteiger partial charge in [-0.3, -0.25) is 0 Å². The van der Waals surface area contributed by atoms with Crippen molar-refractivity contribution in [1.82, 2.24) is 9.25 Å². The summed E-state index contributed by atoms with van der Waals surface area (Å²) in [4.78, 5) is 1.97. The van der Waals surface area contributed by atoms with Crippen molar-refractivity contribution in [2.75, 3.05) is 7.05 Å². The molecule has 0 saturated carbocycles. The zero-order valence-corrected chi connectivity index (χ0v) is 15.8. The fraction of sp³-hybridized carbons (Fsp3) is 0.0667. The van der Waals surface area contributed by atoms with Gasteiger partial charge in [0.15, 0.2) is 0 Å². The van der Waals surface area contributed by atoms with Crippen molar-refractivity contribution in [2.24, 2.45) is 0 Å². The smallest absolute Gasteiger partial charge is 0.206 e. The van der Waals surface area contributed by atoms with Gasteiger partial charge >= 0.3 is 0 Å². The van der Waals surface area contributed by atoms with Crippen molar-refractivity contribution in [1.29, 1.82) is 0 Å². The van der Waals surface area contributed by atoms with Crippen molar-refractivity contribution in [2.45, 2.75) is 4.90 Å². The molecule has 6 nitrogen and oxygen atoms in total. The lowest BCUT2D eigenvalue weighted by molar-refractivity contribution is 0.435. The molecule has 24 heavy (non-hydrogen) atoms. The van der Waals surface area contributed by atoms with Crippen LogP contribution >= 0.6 is 15.9 Å². The summed E-state index contributed by atoms with van der Waals surface area (Å²) in [6.45, 7) is 0. The van der Waals surface area contributed by atoms with E-state index in [-0.39, 0.29) is 4.90 Å². The van der Waals surface area contributed by atoms with E-state index in [1.165, 1.54) is 18.2 Å². The number of benzene rings is 2. The number of rotatable bonds is 6. The Labute approximate surface area is 150 Å². The van der Waals surface area contributed by atoms with Gasteiger partial charge in [-0.05, 0) is 35.9 Å². The van der Waals surface area contributed by atoms with Crippen LogP contribution in [0.15, 0.2) is 69.4 Å². The van der Waals surface area contributed by atoms with Gasteiger partial charge in [-0.25, -0.2) is 16.8 Å².